The fraction of sp³-hybridized carbons (Fsp3) is 0.143. The van der Waals surface area contributed by atoms with Crippen LogP contribution in [0.15, 0.2) is 66.9 Å². The van der Waals surface area contributed by atoms with Crippen molar-refractivity contribution in [1.82, 2.24) is 15.2 Å². The molecule has 0 aliphatic rings. The molecule has 0 saturated heterocycles. The number of fused-ring (bicyclic) bond motifs is 1. The third-order valence-corrected chi connectivity index (χ3v) is 7.69. The lowest BCUT2D eigenvalue weighted by Gasteiger charge is -2.20. The Bertz CT molecular complexity index is 1700. The van der Waals surface area contributed by atoms with E-state index in [0.29, 0.717) is 21.8 Å². The molecular formula is C28H22ClF3N4O3S. The fourth-order valence-corrected chi connectivity index (χ4v) is 5.37. The van der Waals surface area contributed by atoms with E-state index in [0.717, 1.165) is 28.3 Å². The van der Waals surface area contributed by atoms with E-state index < -0.39 is 17.8 Å². The number of hydrogen-bond donors (Lipinski definition) is 4. The number of H-pyrrole nitrogens is 1. The number of halogens is 4. The molecule has 0 unspecified atom stereocenters. The van der Waals surface area contributed by atoms with E-state index in [2.05, 4.69) is 15.2 Å². The lowest BCUT2D eigenvalue weighted by atomic mass is 9.98. The molecule has 0 aliphatic heterocycles. The molecule has 12 heteroatoms. The quantitative estimate of drug-likeness (QED) is 0.155. The maximum absolute atomic E-state index is 13.9. The minimum atomic E-state index is -4.66. The van der Waals surface area contributed by atoms with E-state index in [-0.39, 0.29) is 33.6 Å². The van der Waals surface area contributed by atoms with Crippen LogP contribution < -0.4 is 4.90 Å². The summed E-state index contributed by atoms with van der Waals surface area (Å²) in [7, 11) is 1.67. The number of aromatic nitrogens is 3. The molecular weight excluding hydrogens is 565 g/mol. The molecule has 0 spiro atoms. The Morgan fingerprint density at radius 1 is 1.10 bits per heavy atom. The number of phenolic OH excluding ortho intramolecular Hbond substituents is 1. The van der Waals surface area contributed by atoms with Crippen LogP contribution in [0.4, 0.5) is 18.3 Å². The van der Waals surface area contributed by atoms with Crippen LogP contribution in [0, 0.1) is 0 Å². The largest absolute Gasteiger partial charge is 0.508 e. The molecule has 2 aromatic heterocycles. The van der Waals surface area contributed by atoms with E-state index >= 15 is 0 Å². The number of nitrogens with zero attached hydrogens (tertiary/aromatic N) is 3. The molecule has 0 bridgehead atoms. The second-order valence-electron chi connectivity index (χ2n) is 9.10. The van der Waals surface area contributed by atoms with Gasteiger partial charge in [0.15, 0.2) is 5.13 Å². The Balaban J connectivity index is 1.58. The predicted molar refractivity (Wildman–Crippen MR) is 150 cm³/mol. The summed E-state index contributed by atoms with van der Waals surface area (Å²) in [5.41, 5.74) is 1.11. The number of phenols is 1. The summed E-state index contributed by atoms with van der Waals surface area (Å²) in [6.45, 7) is 0.104. The monoisotopic (exact) mass is 586 g/mol. The molecule has 0 radical (unpaired) electrons. The van der Waals surface area contributed by atoms with E-state index in [1.165, 1.54) is 30.3 Å². The maximum Gasteiger partial charge on any atom is 0.417 e. The SMILES string of the molecule is CN(C[C@H](O)c1ccc(O)cc1)c1nc(O)c(C(=Cc2ccc(Cl)cc2C(F)(F)F)c2ccc3[nH]ncc3c2)s1. The van der Waals surface area contributed by atoms with Crippen LogP contribution in [0.25, 0.3) is 22.6 Å². The van der Waals surface area contributed by atoms with Gasteiger partial charge in [-0.25, -0.2) is 0 Å². The molecule has 7 nitrogen and oxygen atoms in total. The number of hydrogen-bond acceptors (Lipinski definition) is 7. The molecule has 40 heavy (non-hydrogen) atoms. The summed E-state index contributed by atoms with van der Waals surface area (Å²) >= 11 is 6.95. The summed E-state index contributed by atoms with van der Waals surface area (Å²) < 4.78 is 41.8. The Morgan fingerprint density at radius 3 is 2.58 bits per heavy atom. The zero-order valence-electron chi connectivity index (χ0n) is 20.8. The van der Waals surface area contributed by atoms with E-state index in [4.69, 9.17) is 11.6 Å². The number of aromatic hydroxyl groups is 2. The molecule has 0 amide bonds. The van der Waals surface area contributed by atoms with Gasteiger partial charge in [-0.15, -0.1) is 0 Å². The second kappa shape index (κ2) is 10.8. The van der Waals surface area contributed by atoms with Crippen molar-refractivity contribution in [3.8, 4) is 11.6 Å². The molecule has 5 rings (SSSR count). The number of aliphatic hydroxyl groups is 1. The van der Waals surface area contributed by atoms with Gasteiger partial charge in [-0.3, -0.25) is 5.10 Å². The maximum atomic E-state index is 13.9. The Hall–Kier alpha value is -4.06. The third-order valence-electron chi connectivity index (χ3n) is 6.27. The molecule has 3 aromatic carbocycles. The van der Waals surface area contributed by atoms with Gasteiger partial charge in [-0.2, -0.15) is 23.3 Å². The number of thiazole rings is 1. The number of rotatable bonds is 7. The van der Waals surface area contributed by atoms with E-state index in [9.17, 15) is 28.5 Å². The van der Waals surface area contributed by atoms with Crippen LogP contribution in [0.1, 0.15) is 33.2 Å². The Labute approximate surface area is 235 Å². The number of likely N-dealkylation sites (N-methyl/N-ethyl adjacent to an activating group) is 1. The first-order valence-electron chi connectivity index (χ1n) is 11.9. The zero-order chi connectivity index (χ0) is 28.6. The van der Waals surface area contributed by atoms with Gasteiger partial charge < -0.3 is 20.2 Å². The van der Waals surface area contributed by atoms with Crippen LogP contribution in [0.5, 0.6) is 11.6 Å². The average molecular weight is 587 g/mol. The summed E-state index contributed by atoms with van der Waals surface area (Å²) in [5.74, 6) is -0.298. The van der Waals surface area contributed by atoms with Gasteiger partial charge in [0.25, 0.3) is 0 Å². The fourth-order valence-electron chi connectivity index (χ4n) is 4.22. The zero-order valence-corrected chi connectivity index (χ0v) is 22.4. The Kier molecular flexibility index (Phi) is 7.45. The first kappa shape index (κ1) is 27.5. The van der Waals surface area contributed by atoms with Crippen LogP contribution in [-0.2, 0) is 6.18 Å². The highest BCUT2D eigenvalue weighted by molar-refractivity contribution is 7.17. The lowest BCUT2D eigenvalue weighted by Crippen LogP contribution is -2.23. The summed E-state index contributed by atoms with van der Waals surface area (Å²) in [6, 6.07) is 14.8. The van der Waals surface area contributed by atoms with Crippen LogP contribution in [0.3, 0.4) is 0 Å². The second-order valence-corrected chi connectivity index (χ2v) is 10.5. The molecule has 4 N–H and O–H groups in total. The first-order valence-corrected chi connectivity index (χ1v) is 13.1. The summed E-state index contributed by atoms with van der Waals surface area (Å²) in [5, 5.41) is 38.9. The number of alkyl halides is 3. The number of aliphatic hydroxyl groups excluding tert-OH is 1. The highest BCUT2D eigenvalue weighted by Gasteiger charge is 2.33. The van der Waals surface area contributed by atoms with E-state index in [1.54, 1.807) is 48.5 Å². The number of nitrogens with one attached hydrogen (secondary N) is 1. The van der Waals surface area contributed by atoms with Gasteiger partial charge in [0.2, 0.25) is 5.88 Å². The number of aromatic amines is 1. The molecule has 0 saturated carbocycles. The van der Waals surface area contributed by atoms with Gasteiger partial charge in [0.1, 0.15) is 10.6 Å². The smallest absolute Gasteiger partial charge is 0.417 e. The van der Waals surface area contributed by atoms with Crippen molar-refractivity contribution in [3.63, 3.8) is 0 Å². The summed E-state index contributed by atoms with van der Waals surface area (Å²) in [6.07, 6.45) is -2.65. The molecule has 1 atom stereocenters. The van der Waals surface area contributed by atoms with Crippen molar-refractivity contribution in [2.45, 2.75) is 12.3 Å². The van der Waals surface area contributed by atoms with Gasteiger partial charge in [-0.1, -0.05) is 47.2 Å². The van der Waals surface area contributed by atoms with Crippen molar-refractivity contribution in [2.75, 3.05) is 18.5 Å². The standard InChI is InChI=1S/C28H22ClF3N4O3S/c1-36(14-24(38)15-3-7-20(37)8-4-15)27-34-26(39)25(40-27)21(16-5-9-23-18(10-16)13-33-35-23)11-17-2-6-19(29)12-22(17)28(30,31)32/h2-13,24,37-39H,14H2,1H3,(H,33,35)/t24-/m0/s1. The summed E-state index contributed by atoms with van der Waals surface area (Å²) in [4.78, 5) is 6.12. The molecule has 0 fully saturated rings. The average Bonchev–Trinajstić information content (AvgIpc) is 3.54. The number of anilines is 1. The molecule has 0 aliphatic carbocycles. The molecule has 5 aromatic rings. The van der Waals surface area contributed by atoms with Gasteiger partial charge in [0.05, 0.1) is 23.4 Å². The van der Waals surface area contributed by atoms with Crippen LogP contribution in [0.2, 0.25) is 5.02 Å². The van der Waals surface area contributed by atoms with E-state index in [1.807, 2.05) is 0 Å². The van der Waals surface area contributed by atoms with Gasteiger partial charge in [0, 0.05) is 29.6 Å². The minimum absolute atomic E-state index is 0.0532. The van der Waals surface area contributed by atoms with Crippen LogP contribution >= 0.6 is 22.9 Å². The van der Waals surface area contributed by atoms with Crippen molar-refractivity contribution in [3.05, 3.63) is 99.0 Å². The topological polar surface area (TPSA) is 106 Å². The highest BCUT2D eigenvalue weighted by atomic mass is 35.5. The normalized spacial score (nSPS) is 13.1. The van der Waals surface area contributed by atoms with Crippen LogP contribution in [-0.4, -0.2) is 44.1 Å². The van der Waals surface area contributed by atoms with Crippen molar-refractivity contribution in [1.29, 1.82) is 0 Å². The van der Waals surface area contributed by atoms with Gasteiger partial charge in [-0.05, 0) is 59.2 Å². The van der Waals surface area contributed by atoms with Crippen molar-refractivity contribution in [2.24, 2.45) is 0 Å². The third kappa shape index (κ3) is 5.76. The van der Waals surface area contributed by atoms with Crippen molar-refractivity contribution < 1.29 is 28.5 Å². The number of benzene rings is 3. The van der Waals surface area contributed by atoms with Crippen molar-refractivity contribution >= 4 is 50.6 Å². The van der Waals surface area contributed by atoms with Gasteiger partial charge >= 0.3 is 6.18 Å². The predicted octanol–water partition coefficient (Wildman–Crippen LogP) is 6.86. The highest BCUT2D eigenvalue weighted by Crippen LogP contribution is 2.42. The molecule has 206 valence electrons. The first-order chi connectivity index (χ1) is 19.0. The molecule has 2 heterocycles. The lowest BCUT2D eigenvalue weighted by molar-refractivity contribution is -0.137. The minimum Gasteiger partial charge on any atom is -0.508 e. The Morgan fingerprint density at radius 2 is 1.85 bits per heavy atom.